The number of carboxylic acids is 1. The molecule has 0 bridgehead atoms. The number of nitro groups is 1. The predicted octanol–water partition coefficient (Wildman–Crippen LogP) is 6.60. The average Bonchev–Trinajstić information content (AvgIpc) is 3.56. The molecule has 0 aromatic heterocycles. The second-order valence-corrected chi connectivity index (χ2v) is 13.6. The Hall–Kier alpha value is -6.37. The van der Waals surface area contributed by atoms with Crippen LogP contribution in [0.25, 0.3) is 17.2 Å². The molecule has 53 heavy (non-hydrogen) atoms. The normalized spacial score (nSPS) is 17.8. The Kier molecular flexibility index (Phi) is 9.25. The number of hydrogen-bond donors (Lipinski definition) is 3. The SMILES string of the molecule is CC1(C)c2ccccc2N(CCOC(=O)NCC[C@H](NC(=O)OCC2c3ccccc3-c3ccccc32)C(=O)O)C12C=Cc1cc([N+](=O)[O-])ccc1O2. The summed E-state index contributed by atoms with van der Waals surface area (Å²) in [6.45, 7) is 4.25. The van der Waals surface area contributed by atoms with Crippen LogP contribution in [0.3, 0.4) is 0 Å². The number of carbonyl (C=O) groups is 3. The molecule has 0 saturated carbocycles. The number of alkyl carbamates (subject to hydrolysis) is 2. The Labute approximate surface area is 305 Å². The Morgan fingerprint density at radius 1 is 0.943 bits per heavy atom. The summed E-state index contributed by atoms with van der Waals surface area (Å²) in [4.78, 5) is 50.3. The lowest BCUT2D eigenvalue weighted by Gasteiger charge is -2.47. The molecule has 0 saturated heterocycles. The molecule has 4 aromatic rings. The number of rotatable bonds is 11. The Balaban J connectivity index is 0.927. The van der Waals surface area contributed by atoms with Gasteiger partial charge in [-0.25, -0.2) is 14.4 Å². The van der Waals surface area contributed by atoms with Gasteiger partial charge in [0.15, 0.2) is 0 Å². The summed E-state index contributed by atoms with van der Waals surface area (Å²) in [5, 5.41) is 26.1. The van der Waals surface area contributed by atoms with Crippen LogP contribution in [0.2, 0.25) is 0 Å². The number of aliphatic carboxylic acids is 1. The summed E-state index contributed by atoms with van der Waals surface area (Å²) in [5.74, 6) is -0.961. The van der Waals surface area contributed by atoms with E-state index in [-0.39, 0.29) is 44.3 Å². The molecular formula is C40H38N4O9. The molecule has 272 valence electrons. The highest BCUT2D eigenvalue weighted by Crippen LogP contribution is 2.55. The molecule has 3 N–H and O–H groups in total. The number of benzene rings is 4. The molecule has 0 fully saturated rings. The number of anilines is 1. The van der Waals surface area contributed by atoms with Crippen LogP contribution in [0.5, 0.6) is 5.75 Å². The molecule has 2 heterocycles. The van der Waals surface area contributed by atoms with Crippen LogP contribution in [-0.4, -0.2) is 66.3 Å². The number of amides is 2. The van der Waals surface area contributed by atoms with Gasteiger partial charge in [0.25, 0.3) is 5.69 Å². The van der Waals surface area contributed by atoms with Gasteiger partial charge in [-0.15, -0.1) is 0 Å². The Morgan fingerprint density at radius 3 is 2.32 bits per heavy atom. The number of para-hydroxylation sites is 1. The van der Waals surface area contributed by atoms with E-state index in [0.717, 1.165) is 33.5 Å². The lowest BCUT2D eigenvalue weighted by atomic mass is 9.76. The maximum absolute atomic E-state index is 12.7. The van der Waals surface area contributed by atoms with E-state index >= 15 is 0 Å². The standard InChI is InChI=1S/C40H38N4O9/c1-39(2)32-13-7-8-14-34(32)43(40(39)19-17-25-23-26(44(49)50)15-16-35(25)53-40)21-22-51-37(47)41-20-18-33(36(45)46)42-38(48)52-24-31-29-11-5-3-9-27(29)28-10-4-6-12-30(28)31/h3-17,19,23,31,33H,18,20-22,24H2,1-2H3,(H,41,47)(H,42,48)(H,45,46)/t33-,40?/m0/s1. The van der Waals surface area contributed by atoms with Gasteiger partial charge in [0.2, 0.25) is 5.72 Å². The molecule has 2 atom stereocenters. The average molecular weight is 719 g/mol. The molecular weight excluding hydrogens is 680 g/mol. The zero-order valence-electron chi connectivity index (χ0n) is 29.1. The smallest absolute Gasteiger partial charge is 0.407 e. The van der Waals surface area contributed by atoms with Crippen molar-refractivity contribution >= 4 is 35.6 Å². The van der Waals surface area contributed by atoms with E-state index < -0.39 is 40.3 Å². The number of nitrogens with one attached hydrogen (secondary N) is 2. The van der Waals surface area contributed by atoms with Gasteiger partial charge in [0.1, 0.15) is 25.0 Å². The first-order valence-electron chi connectivity index (χ1n) is 17.3. The summed E-state index contributed by atoms with van der Waals surface area (Å²) in [6.07, 6.45) is 1.96. The second-order valence-electron chi connectivity index (χ2n) is 13.6. The molecule has 7 rings (SSSR count). The first-order chi connectivity index (χ1) is 25.5. The van der Waals surface area contributed by atoms with Crippen molar-refractivity contribution in [3.05, 3.63) is 129 Å². The number of fused-ring (bicyclic) bond motifs is 5. The Bertz CT molecular complexity index is 2090. The van der Waals surface area contributed by atoms with Crippen molar-refractivity contribution in [1.82, 2.24) is 10.6 Å². The van der Waals surface area contributed by atoms with Crippen molar-refractivity contribution in [2.75, 3.05) is 31.2 Å². The molecule has 1 aliphatic carbocycles. The first kappa shape index (κ1) is 35.1. The molecule has 13 nitrogen and oxygen atoms in total. The number of hydrogen-bond acceptors (Lipinski definition) is 9. The fourth-order valence-corrected chi connectivity index (χ4v) is 7.63. The molecule has 4 aromatic carbocycles. The number of carbonyl (C=O) groups excluding carboxylic acids is 2. The van der Waals surface area contributed by atoms with E-state index in [0.29, 0.717) is 11.3 Å². The first-order valence-corrected chi connectivity index (χ1v) is 17.3. The van der Waals surface area contributed by atoms with Gasteiger partial charge in [-0.2, -0.15) is 0 Å². The number of nitrogens with zero attached hydrogens (tertiary/aromatic N) is 2. The lowest BCUT2D eigenvalue weighted by Crippen LogP contribution is -2.60. The number of carboxylic acid groups (broad SMARTS) is 1. The molecule has 1 unspecified atom stereocenters. The van der Waals surface area contributed by atoms with E-state index in [1.54, 1.807) is 6.07 Å². The van der Waals surface area contributed by atoms with Crippen molar-refractivity contribution < 1.29 is 38.6 Å². The van der Waals surface area contributed by atoms with E-state index in [1.165, 1.54) is 12.1 Å². The molecule has 1 spiro atoms. The van der Waals surface area contributed by atoms with E-state index in [1.807, 2.05) is 89.8 Å². The fraction of sp³-hybridized carbons (Fsp3) is 0.275. The van der Waals surface area contributed by atoms with Gasteiger partial charge < -0.3 is 34.9 Å². The minimum Gasteiger partial charge on any atom is -0.480 e. The summed E-state index contributed by atoms with van der Waals surface area (Å²) in [6, 6.07) is 26.8. The monoisotopic (exact) mass is 718 g/mol. The third-order valence-corrected chi connectivity index (χ3v) is 10.3. The topological polar surface area (TPSA) is 170 Å². The number of ether oxygens (including phenoxy) is 3. The van der Waals surface area contributed by atoms with Crippen LogP contribution in [0.4, 0.5) is 21.0 Å². The Morgan fingerprint density at radius 2 is 1.62 bits per heavy atom. The van der Waals surface area contributed by atoms with Crippen LogP contribution in [0.1, 0.15) is 48.4 Å². The zero-order valence-corrected chi connectivity index (χ0v) is 29.1. The van der Waals surface area contributed by atoms with Gasteiger partial charge in [-0.05, 0) is 72.4 Å². The summed E-state index contributed by atoms with van der Waals surface area (Å²) in [7, 11) is 0. The molecule has 3 aliphatic rings. The molecule has 2 aliphatic heterocycles. The van der Waals surface area contributed by atoms with Crippen molar-refractivity contribution in [3.8, 4) is 16.9 Å². The zero-order chi connectivity index (χ0) is 37.3. The minimum absolute atomic E-state index is 0.0343. The highest BCUT2D eigenvalue weighted by molar-refractivity contribution is 5.81. The highest BCUT2D eigenvalue weighted by Gasteiger charge is 2.58. The van der Waals surface area contributed by atoms with Crippen LogP contribution in [-0.2, 0) is 19.7 Å². The van der Waals surface area contributed by atoms with E-state index in [2.05, 4.69) is 24.5 Å². The van der Waals surface area contributed by atoms with Crippen LogP contribution in [0.15, 0.2) is 97.1 Å². The lowest BCUT2D eigenvalue weighted by molar-refractivity contribution is -0.384. The van der Waals surface area contributed by atoms with Crippen LogP contribution in [0, 0.1) is 10.1 Å². The van der Waals surface area contributed by atoms with Gasteiger partial charge >= 0.3 is 18.2 Å². The number of nitro benzene ring substituents is 1. The third kappa shape index (κ3) is 6.39. The van der Waals surface area contributed by atoms with Gasteiger partial charge in [0.05, 0.1) is 16.9 Å². The van der Waals surface area contributed by atoms with Crippen molar-refractivity contribution in [2.24, 2.45) is 0 Å². The quantitative estimate of drug-likeness (QED) is 0.113. The van der Waals surface area contributed by atoms with Crippen LogP contribution < -0.4 is 20.3 Å². The van der Waals surface area contributed by atoms with Crippen molar-refractivity contribution in [3.63, 3.8) is 0 Å². The molecule has 2 amide bonds. The largest absolute Gasteiger partial charge is 0.480 e. The van der Waals surface area contributed by atoms with Crippen molar-refractivity contribution in [1.29, 1.82) is 0 Å². The summed E-state index contributed by atoms with van der Waals surface area (Å²) in [5.41, 5.74) is 5.07. The predicted molar refractivity (Wildman–Crippen MR) is 196 cm³/mol. The van der Waals surface area contributed by atoms with Gasteiger partial charge in [-0.1, -0.05) is 66.7 Å². The van der Waals surface area contributed by atoms with Gasteiger partial charge in [-0.3, -0.25) is 10.1 Å². The van der Waals surface area contributed by atoms with Crippen LogP contribution >= 0.6 is 0 Å². The van der Waals surface area contributed by atoms with E-state index in [9.17, 15) is 29.6 Å². The highest BCUT2D eigenvalue weighted by atomic mass is 16.6. The minimum atomic E-state index is -1.31. The molecule has 0 radical (unpaired) electrons. The van der Waals surface area contributed by atoms with Gasteiger partial charge in [0, 0.05) is 35.8 Å². The third-order valence-electron chi connectivity index (χ3n) is 10.3. The molecule has 13 heteroatoms. The summed E-state index contributed by atoms with van der Waals surface area (Å²) < 4.78 is 17.7. The number of non-ortho nitro benzene ring substituents is 1. The van der Waals surface area contributed by atoms with E-state index in [4.69, 9.17) is 14.2 Å². The fourth-order valence-electron chi connectivity index (χ4n) is 7.63. The second kappa shape index (κ2) is 14.0. The maximum atomic E-state index is 12.7. The maximum Gasteiger partial charge on any atom is 0.407 e. The van der Waals surface area contributed by atoms with Crippen molar-refractivity contribution in [2.45, 2.75) is 43.4 Å². The summed E-state index contributed by atoms with van der Waals surface area (Å²) >= 11 is 0.